The highest BCUT2D eigenvalue weighted by Crippen LogP contribution is 2.38. The van der Waals surface area contributed by atoms with Crippen molar-refractivity contribution in [2.24, 2.45) is 0 Å². The van der Waals surface area contributed by atoms with Gasteiger partial charge in [0, 0.05) is 36.6 Å². The number of amides is 1. The minimum Gasteiger partial charge on any atom is -0.423 e. The Morgan fingerprint density at radius 1 is 1.26 bits per heavy atom. The second-order valence-corrected chi connectivity index (χ2v) is 9.37. The van der Waals surface area contributed by atoms with E-state index < -0.39 is 22.1 Å². The SMILES string of the molecule is CNS(=O)(=O)Nc1cccc(CN2Cc3cc(Cl)c(Oc4ncc(C)cn4)cc3OC2=O)c1F. The second kappa shape index (κ2) is 9.41. The molecule has 0 bridgehead atoms. The molecule has 4 rings (SSSR count). The molecule has 2 aromatic carbocycles. The van der Waals surface area contributed by atoms with E-state index in [4.69, 9.17) is 21.1 Å². The van der Waals surface area contributed by atoms with Crippen LogP contribution in [0, 0.1) is 12.7 Å². The van der Waals surface area contributed by atoms with Crippen molar-refractivity contribution in [1.82, 2.24) is 19.6 Å². The van der Waals surface area contributed by atoms with Gasteiger partial charge in [0.1, 0.15) is 5.75 Å². The summed E-state index contributed by atoms with van der Waals surface area (Å²) >= 11 is 6.34. The zero-order chi connectivity index (χ0) is 24.5. The zero-order valence-electron chi connectivity index (χ0n) is 18.0. The van der Waals surface area contributed by atoms with Gasteiger partial charge in [0.15, 0.2) is 11.6 Å². The van der Waals surface area contributed by atoms with Gasteiger partial charge >= 0.3 is 12.1 Å². The van der Waals surface area contributed by atoms with Gasteiger partial charge in [-0.2, -0.15) is 8.42 Å². The normalized spacial score (nSPS) is 13.3. The van der Waals surface area contributed by atoms with Crippen molar-refractivity contribution in [3.63, 3.8) is 0 Å². The molecule has 2 N–H and O–H groups in total. The first-order valence-electron chi connectivity index (χ1n) is 9.89. The van der Waals surface area contributed by atoms with E-state index in [1.54, 1.807) is 18.5 Å². The summed E-state index contributed by atoms with van der Waals surface area (Å²) in [7, 11) is -2.71. The number of aryl methyl sites for hydroxylation is 1. The van der Waals surface area contributed by atoms with Crippen LogP contribution in [0.4, 0.5) is 14.9 Å². The van der Waals surface area contributed by atoms with E-state index in [1.807, 2.05) is 11.6 Å². The summed E-state index contributed by atoms with van der Waals surface area (Å²) in [6.07, 6.45) is 2.46. The number of aromatic nitrogens is 2. The average molecular weight is 508 g/mol. The molecule has 1 aliphatic heterocycles. The minimum atomic E-state index is -3.91. The third kappa shape index (κ3) is 5.19. The summed E-state index contributed by atoms with van der Waals surface area (Å²) in [6, 6.07) is 7.32. The Bertz CT molecular complexity index is 1350. The smallest absolute Gasteiger partial charge is 0.415 e. The van der Waals surface area contributed by atoms with E-state index in [0.717, 1.165) is 5.56 Å². The van der Waals surface area contributed by atoms with Crippen molar-refractivity contribution in [2.45, 2.75) is 20.0 Å². The van der Waals surface area contributed by atoms with Crippen LogP contribution in [-0.4, -0.2) is 36.4 Å². The van der Waals surface area contributed by atoms with E-state index in [0.29, 0.717) is 5.56 Å². The van der Waals surface area contributed by atoms with Crippen LogP contribution < -0.4 is 18.9 Å². The van der Waals surface area contributed by atoms with Gasteiger partial charge < -0.3 is 9.47 Å². The molecule has 13 heteroatoms. The quantitative estimate of drug-likeness (QED) is 0.499. The molecule has 34 heavy (non-hydrogen) atoms. The molecule has 2 heterocycles. The van der Waals surface area contributed by atoms with Gasteiger partial charge in [0.25, 0.3) is 10.2 Å². The van der Waals surface area contributed by atoms with Crippen LogP contribution in [0.15, 0.2) is 42.7 Å². The zero-order valence-corrected chi connectivity index (χ0v) is 19.6. The number of hydrogen-bond acceptors (Lipinski definition) is 7. The van der Waals surface area contributed by atoms with Gasteiger partial charge in [0.2, 0.25) is 0 Å². The van der Waals surface area contributed by atoms with E-state index >= 15 is 0 Å². The van der Waals surface area contributed by atoms with Crippen LogP contribution in [-0.2, 0) is 23.3 Å². The number of anilines is 1. The summed E-state index contributed by atoms with van der Waals surface area (Å²) < 4.78 is 53.4. The van der Waals surface area contributed by atoms with Gasteiger partial charge in [-0.25, -0.2) is 23.9 Å². The first-order valence-corrected chi connectivity index (χ1v) is 11.8. The summed E-state index contributed by atoms with van der Waals surface area (Å²) in [5.74, 6) is -0.357. The molecule has 0 fully saturated rings. The number of carbonyl (C=O) groups is 1. The van der Waals surface area contributed by atoms with Gasteiger partial charge in [0.05, 0.1) is 23.8 Å². The molecule has 0 unspecified atom stereocenters. The molecule has 3 aromatic rings. The van der Waals surface area contributed by atoms with Crippen LogP contribution in [0.2, 0.25) is 5.02 Å². The summed E-state index contributed by atoms with van der Waals surface area (Å²) in [5, 5.41) is 0.246. The monoisotopic (exact) mass is 507 g/mol. The fourth-order valence-electron chi connectivity index (χ4n) is 3.14. The Hall–Kier alpha value is -3.48. The highest BCUT2D eigenvalue weighted by atomic mass is 35.5. The largest absolute Gasteiger partial charge is 0.423 e. The van der Waals surface area contributed by atoms with Crippen molar-refractivity contribution in [3.05, 3.63) is 70.3 Å². The fourth-order valence-corrected chi connectivity index (χ4v) is 3.91. The van der Waals surface area contributed by atoms with Crippen LogP contribution in [0.25, 0.3) is 0 Å². The molecule has 1 aromatic heterocycles. The maximum Gasteiger partial charge on any atom is 0.415 e. The highest BCUT2D eigenvalue weighted by molar-refractivity contribution is 7.90. The lowest BCUT2D eigenvalue weighted by Crippen LogP contribution is -2.36. The van der Waals surface area contributed by atoms with Gasteiger partial charge in [-0.1, -0.05) is 23.7 Å². The molecular weight excluding hydrogens is 489 g/mol. The Labute approximate surface area is 199 Å². The number of benzene rings is 2. The fraction of sp³-hybridized carbons (Fsp3) is 0.190. The number of nitrogens with one attached hydrogen (secondary N) is 2. The predicted molar refractivity (Wildman–Crippen MR) is 122 cm³/mol. The Kier molecular flexibility index (Phi) is 6.55. The number of fused-ring (bicyclic) bond motifs is 1. The highest BCUT2D eigenvalue weighted by Gasteiger charge is 2.28. The minimum absolute atomic E-state index is 0.0838. The lowest BCUT2D eigenvalue weighted by molar-refractivity contribution is 0.134. The predicted octanol–water partition coefficient (Wildman–Crippen LogP) is 3.76. The second-order valence-electron chi connectivity index (χ2n) is 7.35. The molecule has 0 aliphatic carbocycles. The molecule has 10 nitrogen and oxygen atoms in total. The van der Waals surface area contributed by atoms with Gasteiger partial charge in [-0.05, 0) is 24.6 Å². The molecule has 1 amide bonds. The molecule has 0 spiro atoms. The van der Waals surface area contributed by atoms with Crippen molar-refractivity contribution in [1.29, 1.82) is 0 Å². The van der Waals surface area contributed by atoms with E-state index in [-0.39, 0.29) is 46.9 Å². The van der Waals surface area contributed by atoms with Crippen molar-refractivity contribution in [3.8, 4) is 17.5 Å². The average Bonchev–Trinajstić information content (AvgIpc) is 2.79. The standard InChI is InChI=1S/C21H19ClFN5O5S/c1-12-8-25-20(26-9-12)32-18-7-17-14(6-15(18)22)11-28(21(29)33-17)10-13-4-3-5-16(19(13)23)27-34(30,31)24-2/h3-9,24,27H,10-11H2,1-2H3. The molecule has 0 atom stereocenters. The lowest BCUT2D eigenvalue weighted by atomic mass is 10.1. The first-order chi connectivity index (χ1) is 16.1. The van der Waals surface area contributed by atoms with Crippen LogP contribution in [0.1, 0.15) is 16.7 Å². The molecule has 0 saturated carbocycles. The van der Waals surface area contributed by atoms with E-state index in [2.05, 4.69) is 14.7 Å². The van der Waals surface area contributed by atoms with E-state index in [9.17, 15) is 17.6 Å². The number of rotatable bonds is 7. The number of hydrogen-bond donors (Lipinski definition) is 2. The number of ether oxygens (including phenoxy) is 2. The Morgan fingerprint density at radius 2 is 2.00 bits per heavy atom. The van der Waals surface area contributed by atoms with Crippen LogP contribution >= 0.6 is 11.6 Å². The molecule has 178 valence electrons. The molecular formula is C21H19ClFN5O5S. The lowest BCUT2D eigenvalue weighted by Gasteiger charge is -2.28. The van der Waals surface area contributed by atoms with Crippen LogP contribution in [0.3, 0.4) is 0 Å². The summed E-state index contributed by atoms with van der Waals surface area (Å²) in [4.78, 5) is 22.0. The Balaban J connectivity index is 1.54. The topological polar surface area (TPSA) is 123 Å². The summed E-state index contributed by atoms with van der Waals surface area (Å²) in [6.45, 7) is 1.76. The first kappa shape index (κ1) is 23.7. The third-order valence-corrected chi connectivity index (χ3v) is 6.16. The van der Waals surface area contributed by atoms with Crippen molar-refractivity contribution >= 4 is 33.6 Å². The number of nitrogens with zero attached hydrogens (tertiary/aromatic N) is 3. The van der Waals surface area contributed by atoms with Crippen molar-refractivity contribution in [2.75, 3.05) is 11.8 Å². The van der Waals surface area contributed by atoms with Crippen LogP contribution in [0.5, 0.6) is 17.5 Å². The van der Waals surface area contributed by atoms with Crippen molar-refractivity contribution < 1.29 is 27.1 Å². The van der Waals surface area contributed by atoms with E-state index in [1.165, 1.54) is 36.2 Å². The number of halogens is 2. The maximum absolute atomic E-state index is 14.9. The molecule has 0 radical (unpaired) electrons. The maximum atomic E-state index is 14.9. The Morgan fingerprint density at radius 3 is 2.71 bits per heavy atom. The molecule has 1 aliphatic rings. The van der Waals surface area contributed by atoms with Gasteiger partial charge in [-0.15, -0.1) is 0 Å². The molecule has 0 saturated heterocycles. The van der Waals surface area contributed by atoms with Gasteiger partial charge in [-0.3, -0.25) is 9.62 Å². The summed E-state index contributed by atoms with van der Waals surface area (Å²) in [5.41, 5.74) is 1.29. The third-order valence-electron chi connectivity index (χ3n) is 4.84. The number of carbonyl (C=O) groups excluding carboxylic acids is 1.